The van der Waals surface area contributed by atoms with E-state index in [0.29, 0.717) is 11.3 Å². The van der Waals surface area contributed by atoms with Crippen molar-refractivity contribution in [2.24, 2.45) is 0 Å². The molecule has 1 aromatic carbocycles. The molecule has 0 aliphatic rings. The third kappa shape index (κ3) is 1.85. The van der Waals surface area contributed by atoms with E-state index >= 15 is 0 Å². The van der Waals surface area contributed by atoms with Crippen LogP contribution in [0.1, 0.15) is 24.1 Å². The zero-order chi connectivity index (χ0) is 10.7. The van der Waals surface area contributed by atoms with Crippen LogP contribution in [0.5, 0.6) is 5.75 Å². The predicted octanol–water partition coefficient (Wildman–Crippen LogP) is 3.12. The number of methoxy groups -OCH3 is 1. The summed E-state index contributed by atoms with van der Waals surface area (Å²) in [7, 11) is 1.48. The molecule has 2 nitrogen and oxygen atoms in total. The highest BCUT2D eigenvalue weighted by molar-refractivity contribution is 5.41. The fourth-order valence-corrected chi connectivity index (χ4v) is 1.36. The van der Waals surface area contributed by atoms with Crippen LogP contribution in [0.3, 0.4) is 0 Å². The maximum Gasteiger partial charge on any atom is 0.252 e. The van der Waals surface area contributed by atoms with Crippen LogP contribution in [-0.4, -0.2) is 7.11 Å². The molecule has 0 N–H and O–H groups in total. The molecular formula is C11H12FNO. The van der Waals surface area contributed by atoms with E-state index in [0.717, 1.165) is 5.56 Å². The highest BCUT2D eigenvalue weighted by Crippen LogP contribution is 2.31. The topological polar surface area (TPSA) is 13.6 Å². The lowest BCUT2D eigenvalue weighted by molar-refractivity contribution is 0.402. The maximum absolute atomic E-state index is 13.5. The van der Waals surface area contributed by atoms with E-state index in [-0.39, 0.29) is 5.82 Å². The summed E-state index contributed by atoms with van der Waals surface area (Å²) in [5.74, 6) is 0.0800. The number of hydrogen-bond donors (Lipinski definition) is 0. The molecule has 74 valence electrons. The van der Waals surface area contributed by atoms with Gasteiger partial charge in [0.15, 0.2) is 0 Å². The Morgan fingerprint density at radius 3 is 2.64 bits per heavy atom. The van der Waals surface area contributed by atoms with Gasteiger partial charge in [0.25, 0.3) is 6.04 Å². The van der Waals surface area contributed by atoms with Crippen LogP contribution in [0.25, 0.3) is 4.85 Å². The van der Waals surface area contributed by atoms with Crippen molar-refractivity contribution in [3.8, 4) is 5.75 Å². The normalized spacial score (nSPS) is 11.9. The Hall–Kier alpha value is -1.56. The van der Waals surface area contributed by atoms with Gasteiger partial charge in [-0.15, -0.1) is 0 Å². The van der Waals surface area contributed by atoms with Gasteiger partial charge in [0, 0.05) is 6.92 Å². The number of benzene rings is 1. The second-order valence-electron chi connectivity index (χ2n) is 3.17. The molecule has 0 bridgehead atoms. The Morgan fingerprint density at radius 2 is 2.14 bits per heavy atom. The van der Waals surface area contributed by atoms with Crippen LogP contribution in [0.2, 0.25) is 0 Å². The summed E-state index contributed by atoms with van der Waals surface area (Å²) in [5.41, 5.74) is 1.13. The molecule has 1 unspecified atom stereocenters. The number of rotatable bonds is 2. The quantitative estimate of drug-likeness (QED) is 0.658. The minimum absolute atomic E-state index is 0.341. The van der Waals surface area contributed by atoms with Crippen LogP contribution in [0, 0.1) is 19.3 Å². The minimum atomic E-state index is -0.509. The molecule has 3 heteroatoms. The van der Waals surface area contributed by atoms with Crippen molar-refractivity contribution >= 4 is 0 Å². The van der Waals surface area contributed by atoms with Gasteiger partial charge in [0.1, 0.15) is 17.1 Å². The molecule has 0 aliphatic heterocycles. The van der Waals surface area contributed by atoms with Crippen LogP contribution < -0.4 is 4.74 Å². The van der Waals surface area contributed by atoms with Crippen molar-refractivity contribution in [3.63, 3.8) is 0 Å². The van der Waals surface area contributed by atoms with E-state index in [1.165, 1.54) is 13.2 Å². The number of halogens is 1. The van der Waals surface area contributed by atoms with E-state index in [1.807, 2.05) is 0 Å². The summed E-state index contributed by atoms with van der Waals surface area (Å²) in [5, 5.41) is 0. The average molecular weight is 193 g/mol. The van der Waals surface area contributed by atoms with Crippen LogP contribution in [0.15, 0.2) is 12.1 Å². The number of nitrogens with zero attached hydrogens (tertiary/aromatic N) is 1. The van der Waals surface area contributed by atoms with Gasteiger partial charge in [-0.1, -0.05) is 0 Å². The third-order valence-corrected chi connectivity index (χ3v) is 2.07. The van der Waals surface area contributed by atoms with E-state index in [9.17, 15) is 4.39 Å². The van der Waals surface area contributed by atoms with Gasteiger partial charge in [-0.3, -0.25) is 0 Å². The zero-order valence-electron chi connectivity index (χ0n) is 8.47. The largest absolute Gasteiger partial charge is 0.496 e. The van der Waals surface area contributed by atoms with Gasteiger partial charge < -0.3 is 9.58 Å². The summed E-state index contributed by atoms with van der Waals surface area (Å²) >= 11 is 0. The highest BCUT2D eigenvalue weighted by atomic mass is 19.1. The van der Waals surface area contributed by atoms with E-state index in [1.54, 1.807) is 19.9 Å². The summed E-state index contributed by atoms with van der Waals surface area (Å²) in [4.78, 5) is 3.29. The Bertz CT molecular complexity index is 382. The van der Waals surface area contributed by atoms with E-state index in [4.69, 9.17) is 11.3 Å². The molecular weight excluding hydrogens is 181 g/mol. The van der Waals surface area contributed by atoms with Crippen LogP contribution >= 0.6 is 0 Å². The molecule has 0 aromatic heterocycles. The molecule has 0 aliphatic carbocycles. The van der Waals surface area contributed by atoms with E-state index in [2.05, 4.69) is 4.85 Å². The summed E-state index contributed by atoms with van der Waals surface area (Å²) < 4.78 is 18.6. The SMILES string of the molecule is [C-]#[N+]C(C)c1c(F)cc(C)cc1OC. The molecule has 0 spiro atoms. The van der Waals surface area contributed by atoms with Gasteiger partial charge in [0.2, 0.25) is 0 Å². The van der Waals surface area contributed by atoms with Gasteiger partial charge in [-0.05, 0) is 24.6 Å². The van der Waals surface area contributed by atoms with Gasteiger partial charge in [-0.25, -0.2) is 11.0 Å². The lowest BCUT2D eigenvalue weighted by atomic mass is 10.0. The van der Waals surface area contributed by atoms with Crippen molar-refractivity contribution in [2.75, 3.05) is 7.11 Å². The Balaban J connectivity index is 3.34. The van der Waals surface area contributed by atoms with Crippen molar-refractivity contribution in [1.82, 2.24) is 0 Å². The molecule has 0 amide bonds. The summed E-state index contributed by atoms with van der Waals surface area (Å²) in [6.45, 7) is 10.3. The first-order chi connectivity index (χ1) is 6.60. The maximum atomic E-state index is 13.5. The molecule has 1 atom stereocenters. The first-order valence-electron chi connectivity index (χ1n) is 4.30. The number of aryl methyl sites for hydroxylation is 1. The number of hydrogen-bond acceptors (Lipinski definition) is 1. The monoisotopic (exact) mass is 193 g/mol. The fraction of sp³-hybridized carbons (Fsp3) is 0.364. The lowest BCUT2D eigenvalue weighted by Crippen LogP contribution is -1.99. The highest BCUT2D eigenvalue weighted by Gasteiger charge is 2.20. The zero-order valence-corrected chi connectivity index (χ0v) is 8.47. The van der Waals surface area contributed by atoms with Gasteiger partial charge in [-0.2, -0.15) is 0 Å². The molecule has 0 saturated carbocycles. The first-order valence-corrected chi connectivity index (χ1v) is 4.30. The lowest BCUT2D eigenvalue weighted by Gasteiger charge is -2.09. The van der Waals surface area contributed by atoms with Crippen molar-refractivity contribution in [2.45, 2.75) is 19.9 Å². The molecule has 1 aromatic rings. The van der Waals surface area contributed by atoms with Gasteiger partial charge in [0.05, 0.1) is 7.11 Å². The minimum Gasteiger partial charge on any atom is -0.496 e. The Morgan fingerprint density at radius 1 is 1.50 bits per heavy atom. The molecule has 0 heterocycles. The molecule has 14 heavy (non-hydrogen) atoms. The molecule has 0 saturated heterocycles. The summed E-state index contributed by atoms with van der Waals surface area (Å²) in [6.07, 6.45) is 0. The Labute approximate surface area is 83.1 Å². The second-order valence-corrected chi connectivity index (χ2v) is 3.17. The number of ether oxygens (including phenoxy) is 1. The Kier molecular flexibility index (Phi) is 3.08. The average Bonchev–Trinajstić information content (AvgIpc) is 2.15. The van der Waals surface area contributed by atoms with Crippen molar-refractivity contribution in [1.29, 1.82) is 0 Å². The predicted molar refractivity (Wildman–Crippen MR) is 52.7 cm³/mol. The summed E-state index contributed by atoms with van der Waals surface area (Å²) in [6, 6.07) is 2.64. The molecule has 0 radical (unpaired) electrons. The van der Waals surface area contributed by atoms with Crippen LogP contribution in [-0.2, 0) is 0 Å². The second kappa shape index (κ2) is 4.10. The van der Waals surface area contributed by atoms with Gasteiger partial charge >= 0.3 is 0 Å². The first kappa shape index (κ1) is 10.5. The van der Waals surface area contributed by atoms with Crippen molar-refractivity contribution < 1.29 is 9.13 Å². The standard InChI is InChI=1S/C11H12FNO/c1-7-5-9(12)11(8(2)13-3)10(6-7)14-4/h5-6,8H,1-2,4H3. The fourth-order valence-electron chi connectivity index (χ4n) is 1.36. The van der Waals surface area contributed by atoms with E-state index < -0.39 is 6.04 Å². The van der Waals surface area contributed by atoms with Crippen LogP contribution in [0.4, 0.5) is 4.39 Å². The third-order valence-electron chi connectivity index (χ3n) is 2.07. The smallest absolute Gasteiger partial charge is 0.252 e. The molecule has 1 rings (SSSR count). The van der Waals surface area contributed by atoms with Crippen molar-refractivity contribution in [3.05, 3.63) is 40.5 Å². The molecule has 0 fully saturated rings.